The van der Waals surface area contributed by atoms with Crippen molar-refractivity contribution in [1.29, 1.82) is 0 Å². The molecule has 20 heavy (non-hydrogen) atoms. The lowest BCUT2D eigenvalue weighted by atomic mass is 10.2. The second kappa shape index (κ2) is 5.38. The van der Waals surface area contributed by atoms with Crippen LogP contribution in [0.4, 0.5) is 5.69 Å². The van der Waals surface area contributed by atoms with Crippen molar-refractivity contribution in [2.75, 3.05) is 17.8 Å². The van der Waals surface area contributed by atoms with Gasteiger partial charge in [-0.1, -0.05) is 18.2 Å². The highest BCUT2D eigenvalue weighted by Gasteiger charge is 2.27. The Hall–Kier alpha value is -1.66. The van der Waals surface area contributed by atoms with E-state index in [4.69, 9.17) is 0 Å². The van der Waals surface area contributed by atoms with Gasteiger partial charge in [-0.05, 0) is 31.5 Å². The fraction of sp³-hybridized carbons (Fsp3) is 0.357. The molecule has 0 amide bonds. The lowest BCUT2D eigenvalue weighted by Gasteiger charge is -2.23. The standard InChI is InChI=1S/C14H17N3O2S/c18-20(19,13-5-3-7-15-10-13)17-12-8-11-4-1-2-6-14(11)16-9-12/h1-2,4,6,8-9,13,15,17H,3,5,7,10H2. The molecule has 2 heterocycles. The van der Waals surface area contributed by atoms with Crippen LogP contribution < -0.4 is 10.0 Å². The molecule has 3 rings (SSSR count). The molecule has 1 aliphatic rings. The van der Waals surface area contributed by atoms with E-state index in [2.05, 4.69) is 15.0 Å². The van der Waals surface area contributed by atoms with Crippen molar-refractivity contribution >= 4 is 26.6 Å². The van der Waals surface area contributed by atoms with Crippen LogP contribution in [0.5, 0.6) is 0 Å². The fourth-order valence-corrected chi connectivity index (χ4v) is 3.88. The molecule has 0 spiro atoms. The van der Waals surface area contributed by atoms with Gasteiger partial charge in [-0.3, -0.25) is 9.71 Å². The third-order valence-electron chi connectivity index (χ3n) is 3.54. The number of para-hydroxylation sites is 1. The van der Waals surface area contributed by atoms with Crippen molar-refractivity contribution in [3.8, 4) is 0 Å². The zero-order valence-corrected chi connectivity index (χ0v) is 11.9. The highest BCUT2D eigenvalue weighted by Crippen LogP contribution is 2.19. The first-order chi connectivity index (χ1) is 9.65. The number of rotatable bonds is 3. The maximum absolute atomic E-state index is 12.3. The zero-order valence-electron chi connectivity index (χ0n) is 11.0. The van der Waals surface area contributed by atoms with Crippen LogP contribution in [-0.2, 0) is 10.0 Å². The summed E-state index contributed by atoms with van der Waals surface area (Å²) in [5.41, 5.74) is 1.38. The highest BCUT2D eigenvalue weighted by molar-refractivity contribution is 7.93. The lowest BCUT2D eigenvalue weighted by molar-refractivity contribution is 0.499. The van der Waals surface area contributed by atoms with E-state index in [1.165, 1.54) is 0 Å². The maximum atomic E-state index is 12.3. The molecule has 106 valence electrons. The minimum atomic E-state index is -3.36. The van der Waals surface area contributed by atoms with Crippen LogP contribution in [-0.4, -0.2) is 31.7 Å². The van der Waals surface area contributed by atoms with Crippen LogP contribution in [0.15, 0.2) is 36.5 Å². The largest absolute Gasteiger partial charge is 0.315 e. The molecule has 1 aliphatic heterocycles. The van der Waals surface area contributed by atoms with E-state index in [0.717, 1.165) is 23.9 Å². The molecule has 1 aromatic heterocycles. The van der Waals surface area contributed by atoms with Gasteiger partial charge in [-0.15, -0.1) is 0 Å². The molecule has 2 aromatic rings. The van der Waals surface area contributed by atoms with E-state index >= 15 is 0 Å². The number of piperidine rings is 1. The first-order valence-corrected chi connectivity index (χ1v) is 8.27. The van der Waals surface area contributed by atoms with Crippen molar-refractivity contribution in [1.82, 2.24) is 10.3 Å². The predicted molar refractivity (Wildman–Crippen MR) is 80.2 cm³/mol. The van der Waals surface area contributed by atoms with E-state index < -0.39 is 10.0 Å². The van der Waals surface area contributed by atoms with Crippen LogP contribution in [0.25, 0.3) is 10.9 Å². The third-order valence-corrected chi connectivity index (χ3v) is 5.34. The molecule has 6 heteroatoms. The second-order valence-corrected chi connectivity index (χ2v) is 6.99. The summed E-state index contributed by atoms with van der Waals surface area (Å²) in [7, 11) is -3.36. The van der Waals surface area contributed by atoms with Gasteiger partial charge in [0.15, 0.2) is 0 Å². The molecule has 2 N–H and O–H groups in total. The van der Waals surface area contributed by atoms with E-state index in [-0.39, 0.29) is 5.25 Å². The maximum Gasteiger partial charge on any atom is 0.236 e. The van der Waals surface area contributed by atoms with Crippen molar-refractivity contribution in [2.24, 2.45) is 0 Å². The van der Waals surface area contributed by atoms with Gasteiger partial charge < -0.3 is 5.32 Å². The Labute approximate surface area is 118 Å². The third kappa shape index (κ3) is 2.76. The number of pyridine rings is 1. The molecule has 0 saturated carbocycles. The normalized spacial score (nSPS) is 19.9. The molecule has 1 aromatic carbocycles. The number of nitrogens with zero attached hydrogens (tertiary/aromatic N) is 1. The minimum Gasteiger partial charge on any atom is -0.315 e. The number of anilines is 1. The molecular formula is C14H17N3O2S. The summed E-state index contributed by atoms with van der Waals surface area (Å²) in [6.45, 7) is 1.40. The Balaban J connectivity index is 1.84. The lowest BCUT2D eigenvalue weighted by Crippen LogP contribution is -2.41. The Bertz CT molecular complexity index is 709. The van der Waals surface area contributed by atoms with E-state index in [0.29, 0.717) is 18.7 Å². The minimum absolute atomic E-state index is 0.372. The van der Waals surface area contributed by atoms with Gasteiger partial charge in [0.2, 0.25) is 10.0 Å². The van der Waals surface area contributed by atoms with E-state index in [1.54, 1.807) is 6.20 Å². The van der Waals surface area contributed by atoms with Gasteiger partial charge in [0.05, 0.1) is 22.7 Å². The van der Waals surface area contributed by atoms with Gasteiger partial charge in [0, 0.05) is 11.9 Å². The number of fused-ring (bicyclic) bond motifs is 1. The Kier molecular flexibility index (Phi) is 3.58. The van der Waals surface area contributed by atoms with Crippen LogP contribution in [0, 0.1) is 0 Å². The van der Waals surface area contributed by atoms with Crippen molar-refractivity contribution < 1.29 is 8.42 Å². The summed E-state index contributed by atoms with van der Waals surface area (Å²) in [5.74, 6) is 0. The van der Waals surface area contributed by atoms with Gasteiger partial charge in [-0.25, -0.2) is 8.42 Å². The molecule has 1 fully saturated rings. The van der Waals surface area contributed by atoms with E-state index in [9.17, 15) is 8.42 Å². The van der Waals surface area contributed by atoms with Gasteiger partial charge in [-0.2, -0.15) is 0 Å². The van der Waals surface area contributed by atoms with Gasteiger partial charge >= 0.3 is 0 Å². The summed E-state index contributed by atoms with van der Waals surface area (Å²) in [6, 6.07) is 9.46. The number of sulfonamides is 1. The predicted octanol–water partition coefficient (Wildman–Crippen LogP) is 1.73. The number of hydrogen-bond acceptors (Lipinski definition) is 4. The molecular weight excluding hydrogens is 274 g/mol. The van der Waals surface area contributed by atoms with Crippen LogP contribution in [0.2, 0.25) is 0 Å². The van der Waals surface area contributed by atoms with Crippen LogP contribution >= 0.6 is 0 Å². The van der Waals surface area contributed by atoms with E-state index in [1.807, 2.05) is 30.3 Å². The number of nitrogens with one attached hydrogen (secondary N) is 2. The number of aromatic nitrogens is 1. The fourth-order valence-electron chi connectivity index (χ4n) is 2.46. The smallest absolute Gasteiger partial charge is 0.236 e. The molecule has 1 unspecified atom stereocenters. The Morgan fingerprint density at radius 1 is 1.30 bits per heavy atom. The first-order valence-electron chi connectivity index (χ1n) is 6.72. The zero-order chi connectivity index (χ0) is 14.0. The second-order valence-electron chi connectivity index (χ2n) is 5.03. The first kappa shape index (κ1) is 13.3. The van der Waals surface area contributed by atoms with Crippen molar-refractivity contribution in [2.45, 2.75) is 18.1 Å². The topological polar surface area (TPSA) is 71.1 Å². The summed E-state index contributed by atoms with van der Waals surface area (Å²) in [5, 5.41) is 3.67. The molecule has 0 aliphatic carbocycles. The van der Waals surface area contributed by atoms with Gasteiger partial charge in [0.25, 0.3) is 0 Å². The van der Waals surface area contributed by atoms with Gasteiger partial charge in [0.1, 0.15) is 0 Å². The summed E-state index contributed by atoms with van der Waals surface area (Å²) in [4.78, 5) is 4.27. The summed E-state index contributed by atoms with van der Waals surface area (Å²) in [6.07, 6.45) is 3.15. The molecule has 0 bridgehead atoms. The molecule has 0 radical (unpaired) electrons. The van der Waals surface area contributed by atoms with Crippen LogP contribution in [0.1, 0.15) is 12.8 Å². The molecule has 5 nitrogen and oxygen atoms in total. The highest BCUT2D eigenvalue weighted by atomic mass is 32.2. The monoisotopic (exact) mass is 291 g/mol. The SMILES string of the molecule is O=S(=O)(Nc1cnc2ccccc2c1)C1CCCNC1. The van der Waals surface area contributed by atoms with Crippen molar-refractivity contribution in [3.05, 3.63) is 36.5 Å². The average Bonchev–Trinajstić information content (AvgIpc) is 2.48. The number of hydrogen-bond donors (Lipinski definition) is 2. The van der Waals surface area contributed by atoms with Crippen LogP contribution in [0.3, 0.4) is 0 Å². The number of benzene rings is 1. The average molecular weight is 291 g/mol. The Morgan fingerprint density at radius 3 is 2.95 bits per heavy atom. The van der Waals surface area contributed by atoms with Crippen molar-refractivity contribution in [3.63, 3.8) is 0 Å². The quantitative estimate of drug-likeness (QED) is 0.903. The summed E-state index contributed by atoms with van der Waals surface area (Å²) >= 11 is 0. The summed E-state index contributed by atoms with van der Waals surface area (Å²) < 4.78 is 27.3. The Morgan fingerprint density at radius 2 is 2.15 bits per heavy atom. The molecule has 1 atom stereocenters. The molecule has 1 saturated heterocycles.